The normalized spacial score (nSPS) is 18.6. The minimum atomic E-state index is -0.668. The molecule has 1 aliphatic rings. The van der Waals surface area contributed by atoms with Crippen molar-refractivity contribution in [2.75, 3.05) is 32.7 Å². The Morgan fingerprint density at radius 3 is 2.31 bits per heavy atom. The standard InChI is InChI=1S/C12H24N2O2/c1-3-12(4-2,9-11(15)16)10-14-7-5-13-6-8-14/h13H,3-10H2,1-2H3,(H,15,16). The van der Waals surface area contributed by atoms with Gasteiger partial charge in [-0.1, -0.05) is 13.8 Å². The monoisotopic (exact) mass is 228 g/mol. The summed E-state index contributed by atoms with van der Waals surface area (Å²) in [5, 5.41) is 12.3. The highest BCUT2D eigenvalue weighted by atomic mass is 16.4. The fourth-order valence-corrected chi connectivity index (χ4v) is 2.44. The number of piperazine rings is 1. The number of carbonyl (C=O) groups is 1. The molecule has 1 rings (SSSR count). The molecule has 2 N–H and O–H groups in total. The Morgan fingerprint density at radius 1 is 1.31 bits per heavy atom. The van der Waals surface area contributed by atoms with Crippen LogP contribution in [0.3, 0.4) is 0 Å². The van der Waals surface area contributed by atoms with E-state index in [4.69, 9.17) is 5.11 Å². The Morgan fingerprint density at radius 2 is 1.88 bits per heavy atom. The topological polar surface area (TPSA) is 52.6 Å². The molecule has 4 heteroatoms. The number of nitrogens with zero attached hydrogens (tertiary/aromatic N) is 1. The van der Waals surface area contributed by atoms with Gasteiger partial charge < -0.3 is 15.3 Å². The largest absolute Gasteiger partial charge is 0.481 e. The van der Waals surface area contributed by atoms with Crippen LogP contribution >= 0.6 is 0 Å². The first-order chi connectivity index (χ1) is 7.62. The molecule has 16 heavy (non-hydrogen) atoms. The minimum Gasteiger partial charge on any atom is -0.481 e. The van der Waals surface area contributed by atoms with Crippen LogP contribution in [0, 0.1) is 5.41 Å². The molecule has 4 nitrogen and oxygen atoms in total. The summed E-state index contributed by atoms with van der Waals surface area (Å²) in [5.41, 5.74) is -0.0385. The van der Waals surface area contributed by atoms with Crippen molar-refractivity contribution in [3.63, 3.8) is 0 Å². The SMILES string of the molecule is CCC(CC)(CC(=O)O)CN1CCNCC1. The van der Waals surface area contributed by atoms with Crippen LogP contribution in [0.5, 0.6) is 0 Å². The molecule has 94 valence electrons. The lowest BCUT2D eigenvalue weighted by Crippen LogP contribution is -2.48. The van der Waals surface area contributed by atoms with Gasteiger partial charge in [0.1, 0.15) is 0 Å². The van der Waals surface area contributed by atoms with Crippen LogP contribution in [0.4, 0.5) is 0 Å². The minimum absolute atomic E-state index is 0.0385. The lowest BCUT2D eigenvalue weighted by Gasteiger charge is -2.38. The first-order valence-corrected chi connectivity index (χ1v) is 6.27. The van der Waals surface area contributed by atoms with Crippen molar-refractivity contribution in [3.8, 4) is 0 Å². The lowest BCUT2D eigenvalue weighted by molar-refractivity contribution is -0.140. The second-order valence-corrected chi connectivity index (χ2v) is 4.80. The molecule has 1 fully saturated rings. The van der Waals surface area contributed by atoms with Crippen LogP contribution in [0.1, 0.15) is 33.1 Å². The number of hydrogen-bond acceptors (Lipinski definition) is 3. The third-order valence-electron chi connectivity index (χ3n) is 3.79. The Hall–Kier alpha value is -0.610. The highest BCUT2D eigenvalue weighted by molar-refractivity contribution is 5.67. The van der Waals surface area contributed by atoms with Crippen LogP contribution in [0.2, 0.25) is 0 Å². The predicted octanol–water partition coefficient (Wildman–Crippen LogP) is 1.17. The quantitative estimate of drug-likeness (QED) is 0.716. The number of nitrogens with one attached hydrogen (secondary N) is 1. The van der Waals surface area contributed by atoms with Gasteiger partial charge in [0.25, 0.3) is 0 Å². The fraction of sp³-hybridized carbons (Fsp3) is 0.917. The molecule has 0 bridgehead atoms. The first-order valence-electron chi connectivity index (χ1n) is 6.27. The maximum atomic E-state index is 10.9. The zero-order chi connectivity index (χ0) is 12.0. The van der Waals surface area contributed by atoms with Crippen LogP contribution < -0.4 is 5.32 Å². The van der Waals surface area contributed by atoms with E-state index in [1.165, 1.54) is 0 Å². The van der Waals surface area contributed by atoms with Gasteiger partial charge in [-0.3, -0.25) is 4.79 Å². The zero-order valence-electron chi connectivity index (χ0n) is 10.5. The molecule has 0 atom stereocenters. The van der Waals surface area contributed by atoms with Crippen LogP contribution in [-0.2, 0) is 4.79 Å². The number of hydrogen-bond donors (Lipinski definition) is 2. The van der Waals surface area contributed by atoms with Gasteiger partial charge in [-0.25, -0.2) is 0 Å². The summed E-state index contributed by atoms with van der Waals surface area (Å²) < 4.78 is 0. The van der Waals surface area contributed by atoms with E-state index in [1.807, 2.05) is 0 Å². The molecular weight excluding hydrogens is 204 g/mol. The Balaban J connectivity index is 2.57. The van der Waals surface area contributed by atoms with Crippen molar-refractivity contribution in [1.29, 1.82) is 0 Å². The summed E-state index contributed by atoms with van der Waals surface area (Å²) in [7, 11) is 0. The summed E-state index contributed by atoms with van der Waals surface area (Å²) in [5.74, 6) is -0.668. The number of carboxylic acids is 1. The van der Waals surface area contributed by atoms with E-state index in [9.17, 15) is 4.79 Å². The molecule has 0 amide bonds. The molecule has 0 radical (unpaired) electrons. The van der Waals surface area contributed by atoms with Gasteiger partial charge in [-0.05, 0) is 18.3 Å². The van der Waals surface area contributed by atoms with Gasteiger partial charge >= 0.3 is 5.97 Å². The van der Waals surface area contributed by atoms with E-state index in [0.29, 0.717) is 6.42 Å². The third-order valence-corrected chi connectivity index (χ3v) is 3.79. The smallest absolute Gasteiger partial charge is 0.303 e. The molecule has 1 heterocycles. The molecule has 1 saturated heterocycles. The van der Waals surface area contributed by atoms with Gasteiger partial charge in [0.05, 0.1) is 6.42 Å². The lowest BCUT2D eigenvalue weighted by atomic mass is 9.78. The second kappa shape index (κ2) is 6.21. The maximum absolute atomic E-state index is 10.9. The van der Waals surface area contributed by atoms with E-state index in [-0.39, 0.29) is 5.41 Å². The molecular formula is C12H24N2O2. The van der Waals surface area contributed by atoms with E-state index in [2.05, 4.69) is 24.1 Å². The fourth-order valence-electron chi connectivity index (χ4n) is 2.44. The molecule has 0 aromatic carbocycles. The summed E-state index contributed by atoms with van der Waals surface area (Å²) in [6.45, 7) is 9.27. The van der Waals surface area contributed by atoms with Crippen LogP contribution in [0.25, 0.3) is 0 Å². The van der Waals surface area contributed by atoms with E-state index in [0.717, 1.165) is 45.6 Å². The zero-order valence-corrected chi connectivity index (χ0v) is 10.5. The molecule has 0 saturated carbocycles. The number of rotatable bonds is 6. The van der Waals surface area contributed by atoms with Crippen molar-refractivity contribution in [2.24, 2.45) is 5.41 Å². The Labute approximate surface area is 98.0 Å². The number of carboxylic acid groups (broad SMARTS) is 1. The van der Waals surface area contributed by atoms with Gasteiger partial charge in [0, 0.05) is 32.7 Å². The van der Waals surface area contributed by atoms with Crippen molar-refractivity contribution >= 4 is 5.97 Å². The average Bonchev–Trinajstić information content (AvgIpc) is 2.29. The van der Waals surface area contributed by atoms with Gasteiger partial charge in [-0.15, -0.1) is 0 Å². The van der Waals surface area contributed by atoms with Crippen LogP contribution in [-0.4, -0.2) is 48.7 Å². The summed E-state index contributed by atoms with van der Waals surface area (Å²) >= 11 is 0. The van der Waals surface area contributed by atoms with Gasteiger partial charge in [-0.2, -0.15) is 0 Å². The van der Waals surface area contributed by atoms with Crippen molar-refractivity contribution in [3.05, 3.63) is 0 Å². The molecule has 0 aliphatic carbocycles. The molecule has 0 aromatic heterocycles. The highest BCUT2D eigenvalue weighted by Crippen LogP contribution is 2.31. The van der Waals surface area contributed by atoms with Crippen molar-refractivity contribution in [1.82, 2.24) is 10.2 Å². The van der Waals surface area contributed by atoms with Crippen molar-refractivity contribution < 1.29 is 9.90 Å². The highest BCUT2D eigenvalue weighted by Gasteiger charge is 2.31. The summed E-state index contributed by atoms with van der Waals surface area (Å²) in [6.07, 6.45) is 2.18. The Kier molecular flexibility index (Phi) is 5.22. The van der Waals surface area contributed by atoms with Crippen molar-refractivity contribution in [2.45, 2.75) is 33.1 Å². The average molecular weight is 228 g/mol. The van der Waals surface area contributed by atoms with E-state index in [1.54, 1.807) is 0 Å². The third kappa shape index (κ3) is 3.76. The van der Waals surface area contributed by atoms with Crippen LogP contribution in [0.15, 0.2) is 0 Å². The second-order valence-electron chi connectivity index (χ2n) is 4.80. The molecule has 0 unspecified atom stereocenters. The first kappa shape index (κ1) is 13.5. The summed E-state index contributed by atoms with van der Waals surface area (Å²) in [6, 6.07) is 0. The van der Waals surface area contributed by atoms with E-state index >= 15 is 0 Å². The van der Waals surface area contributed by atoms with Gasteiger partial charge in [0.15, 0.2) is 0 Å². The molecule has 0 aromatic rings. The maximum Gasteiger partial charge on any atom is 0.303 e. The number of aliphatic carboxylic acids is 1. The molecule has 1 aliphatic heterocycles. The predicted molar refractivity (Wildman–Crippen MR) is 64.6 cm³/mol. The Bertz CT molecular complexity index is 221. The molecule has 0 spiro atoms. The summed E-state index contributed by atoms with van der Waals surface area (Å²) in [4.78, 5) is 13.3. The van der Waals surface area contributed by atoms with Gasteiger partial charge in [0.2, 0.25) is 0 Å². The van der Waals surface area contributed by atoms with E-state index < -0.39 is 5.97 Å².